The second-order valence-corrected chi connectivity index (χ2v) is 7.91. The van der Waals surface area contributed by atoms with E-state index in [1.807, 2.05) is 32.0 Å². The summed E-state index contributed by atoms with van der Waals surface area (Å²) in [5.41, 5.74) is 2.55. The molecule has 0 bridgehead atoms. The smallest absolute Gasteiger partial charge is 0.251 e. The first-order valence-electron chi connectivity index (χ1n) is 9.46. The fourth-order valence-electron chi connectivity index (χ4n) is 3.22. The highest BCUT2D eigenvalue weighted by atomic mass is 32.2. The Bertz CT molecular complexity index is 962. The molecule has 8 heteroatoms. The summed E-state index contributed by atoms with van der Waals surface area (Å²) in [6.45, 7) is 4.14. The molecule has 1 unspecified atom stereocenters. The molecule has 1 aliphatic rings. The molecule has 2 aromatic rings. The number of benzene rings is 1. The molecule has 2 heterocycles. The van der Waals surface area contributed by atoms with Crippen LogP contribution in [0.5, 0.6) is 11.5 Å². The summed E-state index contributed by atoms with van der Waals surface area (Å²) in [4.78, 5) is 31.1. The fourth-order valence-corrected chi connectivity index (χ4v) is 4.37. The number of amides is 2. The van der Waals surface area contributed by atoms with Gasteiger partial charge in [-0.15, -0.1) is 11.8 Å². The van der Waals surface area contributed by atoms with E-state index in [4.69, 9.17) is 9.47 Å². The van der Waals surface area contributed by atoms with Crippen LogP contribution in [0.1, 0.15) is 19.4 Å². The monoisotopic (exact) mass is 427 g/mol. The van der Waals surface area contributed by atoms with Crippen molar-refractivity contribution in [2.24, 2.45) is 0 Å². The molecule has 1 aromatic carbocycles. The molecule has 1 aromatic heterocycles. The average molecular weight is 428 g/mol. The van der Waals surface area contributed by atoms with Crippen LogP contribution in [0.15, 0.2) is 53.7 Å². The van der Waals surface area contributed by atoms with Crippen molar-refractivity contribution in [1.29, 1.82) is 0 Å². The van der Waals surface area contributed by atoms with Gasteiger partial charge in [0.2, 0.25) is 5.91 Å². The molecule has 0 radical (unpaired) electrons. The Labute approximate surface area is 180 Å². The van der Waals surface area contributed by atoms with Crippen LogP contribution in [-0.2, 0) is 16.1 Å². The highest BCUT2D eigenvalue weighted by molar-refractivity contribution is 8.00. The van der Waals surface area contributed by atoms with Gasteiger partial charge in [-0.05, 0) is 43.7 Å². The predicted molar refractivity (Wildman–Crippen MR) is 118 cm³/mol. The molecule has 3 rings (SSSR count). The van der Waals surface area contributed by atoms with Crippen molar-refractivity contribution in [3.63, 3.8) is 0 Å². The Morgan fingerprint density at radius 2 is 2.00 bits per heavy atom. The maximum absolute atomic E-state index is 12.9. The second kappa shape index (κ2) is 9.67. The van der Waals surface area contributed by atoms with Crippen LogP contribution in [0.3, 0.4) is 0 Å². The third-order valence-electron chi connectivity index (χ3n) is 4.97. The molecule has 0 saturated heterocycles. The van der Waals surface area contributed by atoms with Crippen molar-refractivity contribution in [2.75, 3.05) is 25.3 Å². The molecule has 7 nitrogen and oxygen atoms in total. The predicted octanol–water partition coefficient (Wildman–Crippen LogP) is 3.48. The van der Waals surface area contributed by atoms with Gasteiger partial charge in [0.1, 0.15) is 22.7 Å². The van der Waals surface area contributed by atoms with E-state index in [9.17, 15) is 9.59 Å². The molecule has 158 valence electrons. The van der Waals surface area contributed by atoms with Gasteiger partial charge < -0.3 is 19.7 Å². The van der Waals surface area contributed by atoms with E-state index in [-0.39, 0.29) is 22.9 Å². The molecule has 0 fully saturated rings. The lowest BCUT2D eigenvalue weighted by Crippen LogP contribution is -2.34. The summed E-state index contributed by atoms with van der Waals surface area (Å²) in [5, 5.41) is 2.55. The molecule has 1 aliphatic heterocycles. The largest absolute Gasteiger partial charge is 0.497 e. The lowest BCUT2D eigenvalue weighted by Gasteiger charge is -2.27. The van der Waals surface area contributed by atoms with E-state index in [1.165, 1.54) is 11.8 Å². The maximum Gasteiger partial charge on any atom is 0.251 e. The van der Waals surface area contributed by atoms with Crippen molar-refractivity contribution in [3.8, 4) is 11.5 Å². The van der Waals surface area contributed by atoms with Crippen LogP contribution in [0.2, 0.25) is 0 Å². The summed E-state index contributed by atoms with van der Waals surface area (Å²) in [6, 6.07) is 10.9. The Kier molecular flexibility index (Phi) is 6.99. The van der Waals surface area contributed by atoms with Crippen molar-refractivity contribution in [3.05, 3.63) is 59.3 Å². The molecular formula is C22H25N3O4S. The zero-order valence-electron chi connectivity index (χ0n) is 17.5. The lowest BCUT2D eigenvalue weighted by molar-refractivity contribution is -0.126. The maximum atomic E-state index is 12.9. The van der Waals surface area contributed by atoms with Gasteiger partial charge in [-0.2, -0.15) is 0 Å². The number of hydrogen-bond acceptors (Lipinski definition) is 6. The summed E-state index contributed by atoms with van der Waals surface area (Å²) >= 11 is 1.42. The number of thioether (sulfide) groups is 1. The summed E-state index contributed by atoms with van der Waals surface area (Å²) in [6.07, 6.45) is 1.62. The molecule has 0 aliphatic carbocycles. The number of ether oxygens (including phenoxy) is 2. The first-order chi connectivity index (χ1) is 14.4. The number of rotatable bonds is 8. The highest BCUT2D eigenvalue weighted by Gasteiger charge is 2.35. The van der Waals surface area contributed by atoms with Gasteiger partial charge in [0, 0.05) is 23.4 Å². The van der Waals surface area contributed by atoms with Gasteiger partial charge in [-0.1, -0.05) is 6.07 Å². The number of aromatic nitrogens is 1. The van der Waals surface area contributed by atoms with Gasteiger partial charge in [0.25, 0.3) is 5.91 Å². The lowest BCUT2D eigenvalue weighted by atomic mass is 10.1. The Morgan fingerprint density at radius 3 is 2.67 bits per heavy atom. The summed E-state index contributed by atoms with van der Waals surface area (Å²) in [7, 11) is 3.19. The number of carbonyl (C=O) groups excluding carboxylic acids is 2. The first kappa shape index (κ1) is 21.7. The number of carbonyl (C=O) groups is 2. The number of methoxy groups -OCH3 is 2. The number of nitrogens with one attached hydrogen (secondary N) is 1. The molecule has 30 heavy (non-hydrogen) atoms. The van der Waals surface area contributed by atoms with Crippen LogP contribution >= 0.6 is 11.8 Å². The second-order valence-electron chi connectivity index (χ2n) is 6.85. The first-order valence-corrected chi connectivity index (χ1v) is 10.5. The number of pyridine rings is 1. The minimum atomic E-state index is -0.223. The van der Waals surface area contributed by atoms with Crippen LogP contribution in [-0.4, -0.2) is 47.0 Å². The van der Waals surface area contributed by atoms with Crippen LogP contribution in [0.4, 0.5) is 5.82 Å². The van der Waals surface area contributed by atoms with Gasteiger partial charge in [-0.25, -0.2) is 4.98 Å². The summed E-state index contributed by atoms with van der Waals surface area (Å²) < 4.78 is 10.7. The molecule has 2 amide bonds. The average Bonchev–Trinajstić information content (AvgIpc) is 2.96. The normalized spacial score (nSPS) is 16.1. The molecular weight excluding hydrogens is 402 g/mol. The minimum absolute atomic E-state index is 0.0343. The van der Waals surface area contributed by atoms with E-state index < -0.39 is 0 Å². The standard InChI is InChI=1S/C22H25N3O4S/c1-14-15(2)22(30-13-20(26)24-19-7-5-6-10-23-19)25(21(14)27)12-16-8-9-17(28-3)11-18(16)29-4/h5-11,22H,12-13H2,1-4H3,(H,23,24,26). The van der Waals surface area contributed by atoms with Crippen LogP contribution in [0, 0.1) is 0 Å². The molecule has 0 saturated carbocycles. The van der Waals surface area contributed by atoms with E-state index in [2.05, 4.69) is 10.3 Å². The highest BCUT2D eigenvalue weighted by Crippen LogP contribution is 2.36. The number of nitrogens with zero attached hydrogens (tertiary/aromatic N) is 2. The van der Waals surface area contributed by atoms with Crippen molar-refractivity contribution in [2.45, 2.75) is 25.8 Å². The Hall–Kier alpha value is -3.00. The van der Waals surface area contributed by atoms with Crippen LogP contribution in [0.25, 0.3) is 0 Å². The topological polar surface area (TPSA) is 80.8 Å². The van der Waals surface area contributed by atoms with Gasteiger partial charge in [0.15, 0.2) is 0 Å². The van der Waals surface area contributed by atoms with Gasteiger partial charge in [0.05, 0.1) is 26.5 Å². The number of anilines is 1. The fraction of sp³-hybridized carbons (Fsp3) is 0.318. The zero-order valence-corrected chi connectivity index (χ0v) is 18.3. The van der Waals surface area contributed by atoms with E-state index in [0.29, 0.717) is 29.4 Å². The Morgan fingerprint density at radius 1 is 1.20 bits per heavy atom. The van der Waals surface area contributed by atoms with E-state index >= 15 is 0 Å². The van der Waals surface area contributed by atoms with Crippen molar-refractivity contribution < 1.29 is 19.1 Å². The molecule has 1 N–H and O–H groups in total. The minimum Gasteiger partial charge on any atom is -0.497 e. The third-order valence-corrected chi connectivity index (χ3v) is 6.32. The molecule has 1 atom stereocenters. The van der Waals surface area contributed by atoms with Gasteiger partial charge in [-0.3, -0.25) is 9.59 Å². The summed E-state index contributed by atoms with van der Waals surface area (Å²) in [5.74, 6) is 1.86. The SMILES string of the molecule is COc1ccc(CN2C(=O)C(C)=C(C)C2SCC(=O)Nc2ccccn2)c(OC)c1. The quantitative estimate of drug-likeness (QED) is 0.695. The van der Waals surface area contributed by atoms with E-state index in [0.717, 1.165) is 11.1 Å². The van der Waals surface area contributed by atoms with Crippen LogP contribution < -0.4 is 14.8 Å². The van der Waals surface area contributed by atoms with Gasteiger partial charge >= 0.3 is 0 Å². The zero-order chi connectivity index (χ0) is 21.7. The third kappa shape index (κ3) is 4.76. The van der Waals surface area contributed by atoms with Crippen molar-refractivity contribution in [1.82, 2.24) is 9.88 Å². The van der Waals surface area contributed by atoms with E-state index in [1.54, 1.807) is 43.5 Å². The Balaban J connectivity index is 1.72. The van der Waals surface area contributed by atoms with Crippen molar-refractivity contribution >= 4 is 29.4 Å². The number of hydrogen-bond donors (Lipinski definition) is 1. The molecule has 0 spiro atoms.